The molecule has 0 aliphatic carbocycles. The highest BCUT2D eigenvalue weighted by atomic mass is 79.9. The van der Waals surface area contributed by atoms with Gasteiger partial charge in [0.2, 0.25) is 0 Å². The fourth-order valence-corrected chi connectivity index (χ4v) is 3.54. The Morgan fingerprint density at radius 3 is 2.64 bits per heavy atom. The Hall–Kier alpha value is -1.01. The zero-order valence-corrected chi connectivity index (χ0v) is 15.8. The lowest BCUT2D eigenvalue weighted by Crippen LogP contribution is -2.25. The number of thioether (sulfide) groups is 1. The van der Waals surface area contributed by atoms with Crippen molar-refractivity contribution in [1.82, 2.24) is 4.90 Å². The second-order valence-electron chi connectivity index (χ2n) is 4.89. The van der Waals surface area contributed by atoms with E-state index in [-0.39, 0.29) is 30.3 Å². The van der Waals surface area contributed by atoms with Crippen molar-refractivity contribution >= 4 is 39.4 Å². The van der Waals surface area contributed by atoms with Crippen LogP contribution in [0.4, 0.5) is 0 Å². The Kier molecular flexibility index (Phi) is 7.42. The van der Waals surface area contributed by atoms with E-state index in [4.69, 9.17) is 4.74 Å². The smallest absolute Gasteiger partial charge is 0.344 e. The molecule has 1 rings (SSSR count). The second-order valence-corrected chi connectivity index (χ2v) is 6.71. The highest BCUT2D eigenvalue weighted by Crippen LogP contribution is 2.36. The highest BCUT2D eigenvalue weighted by Gasteiger charge is 2.34. The van der Waals surface area contributed by atoms with E-state index in [1.54, 1.807) is 6.92 Å². The van der Waals surface area contributed by atoms with Crippen LogP contribution in [0.2, 0.25) is 0 Å². The van der Waals surface area contributed by atoms with Crippen molar-refractivity contribution in [3.8, 4) is 0 Å². The maximum Gasteiger partial charge on any atom is 0.344 e. The zero-order chi connectivity index (χ0) is 16.9. The van der Waals surface area contributed by atoms with E-state index in [0.717, 1.165) is 10.2 Å². The first-order chi connectivity index (χ1) is 10.4. The van der Waals surface area contributed by atoms with Crippen LogP contribution in [-0.2, 0) is 14.3 Å². The van der Waals surface area contributed by atoms with Crippen molar-refractivity contribution in [2.24, 2.45) is 5.92 Å². The number of carbonyl (C=O) groups is 2. The maximum atomic E-state index is 12.5. The number of ketones is 1. The first-order valence-corrected chi connectivity index (χ1v) is 9.21. The van der Waals surface area contributed by atoms with Crippen LogP contribution >= 0.6 is 27.7 Å². The number of halogens is 1. The molecular formula is C16H22BrNO3S. The SMILES string of the molecule is C=C(Br)C=C1C(C)CC(=O)C(C(=O)OCC)=C(SC)N1CC. The quantitative estimate of drug-likeness (QED) is 0.529. The number of rotatable bonds is 5. The van der Waals surface area contributed by atoms with Crippen LogP contribution < -0.4 is 0 Å². The van der Waals surface area contributed by atoms with Crippen LogP contribution in [0.15, 0.2) is 33.4 Å². The molecule has 1 aliphatic rings. The highest BCUT2D eigenvalue weighted by molar-refractivity contribution is 9.11. The van der Waals surface area contributed by atoms with Crippen molar-refractivity contribution in [3.63, 3.8) is 0 Å². The van der Waals surface area contributed by atoms with E-state index in [0.29, 0.717) is 11.6 Å². The Balaban J connectivity index is 3.50. The molecule has 0 saturated carbocycles. The maximum absolute atomic E-state index is 12.5. The van der Waals surface area contributed by atoms with Crippen LogP contribution in [0, 0.1) is 5.92 Å². The summed E-state index contributed by atoms with van der Waals surface area (Å²) in [5.74, 6) is -0.713. The summed E-state index contributed by atoms with van der Waals surface area (Å²) >= 11 is 4.74. The first-order valence-electron chi connectivity index (χ1n) is 7.19. The van der Waals surface area contributed by atoms with Gasteiger partial charge in [0.05, 0.1) is 11.6 Å². The van der Waals surface area contributed by atoms with Gasteiger partial charge in [-0.15, -0.1) is 11.8 Å². The number of hydrogen-bond acceptors (Lipinski definition) is 5. The molecule has 122 valence electrons. The number of nitrogens with zero attached hydrogens (tertiary/aromatic N) is 1. The van der Waals surface area contributed by atoms with E-state index >= 15 is 0 Å². The third kappa shape index (κ3) is 4.26. The molecule has 0 aromatic heterocycles. The van der Waals surface area contributed by atoms with Gasteiger partial charge in [0.1, 0.15) is 5.57 Å². The predicted octanol–water partition coefficient (Wildman–Crippen LogP) is 3.85. The molecule has 1 aliphatic heterocycles. The molecule has 4 nitrogen and oxygen atoms in total. The molecular weight excluding hydrogens is 366 g/mol. The number of esters is 1. The molecule has 1 heterocycles. The van der Waals surface area contributed by atoms with Gasteiger partial charge < -0.3 is 9.64 Å². The molecule has 0 radical (unpaired) electrons. The molecule has 0 fully saturated rings. The summed E-state index contributed by atoms with van der Waals surface area (Å²) in [7, 11) is 0. The molecule has 6 heteroatoms. The molecule has 1 unspecified atom stereocenters. The van der Waals surface area contributed by atoms with Crippen molar-refractivity contribution in [1.29, 1.82) is 0 Å². The number of hydrogen-bond donors (Lipinski definition) is 0. The average molecular weight is 388 g/mol. The minimum atomic E-state index is -0.540. The first kappa shape index (κ1) is 19.0. The molecule has 0 spiro atoms. The Morgan fingerprint density at radius 1 is 1.55 bits per heavy atom. The van der Waals surface area contributed by atoms with Crippen LogP contribution in [-0.4, -0.2) is 36.1 Å². The van der Waals surface area contributed by atoms with E-state index < -0.39 is 5.97 Å². The van der Waals surface area contributed by atoms with Crippen LogP contribution in [0.3, 0.4) is 0 Å². The lowest BCUT2D eigenvalue weighted by molar-refractivity contribution is -0.140. The summed E-state index contributed by atoms with van der Waals surface area (Å²) in [6, 6.07) is 0. The zero-order valence-electron chi connectivity index (χ0n) is 13.4. The lowest BCUT2D eigenvalue weighted by atomic mass is 9.98. The van der Waals surface area contributed by atoms with Gasteiger partial charge in [-0.05, 0) is 26.2 Å². The van der Waals surface area contributed by atoms with Crippen molar-refractivity contribution in [2.45, 2.75) is 27.2 Å². The summed E-state index contributed by atoms with van der Waals surface area (Å²) < 4.78 is 5.82. The molecule has 0 aromatic carbocycles. The van der Waals surface area contributed by atoms with Crippen LogP contribution in [0.5, 0.6) is 0 Å². The predicted molar refractivity (Wildman–Crippen MR) is 94.5 cm³/mol. The van der Waals surface area contributed by atoms with E-state index in [1.807, 2.05) is 31.1 Å². The third-order valence-corrected chi connectivity index (χ3v) is 4.38. The van der Waals surface area contributed by atoms with E-state index in [1.165, 1.54) is 11.8 Å². The third-order valence-electron chi connectivity index (χ3n) is 3.34. The van der Waals surface area contributed by atoms with Crippen molar-refractivity contribution < 1.29 is 14.3 Å². The fraction of sp³-hybridized carbons (Fsp3) is 0.500. The minimum Gasteiger partial charge on any atom is -0.462 e. The topological polar surface area (TPSA) is 46.6 Å². The van der Waals surface area contributed by atoms with Gasteiger partial charge in [-0.1, -0.05) is 29.4 Å². The molecule has 0 saturated heterocycles. The Labute approximate surface area is 144 Å². The number of allylic oxidation sites excluding steroid dienone is 3. The van der Waals surface area contributed by atoms with Crippen molar-refractivity contribution in [3.05, 3.63) is 33.4 Å². The molecule has 0 aromatic rings. The monoisotopic (exact) mass is 387 g/mol. The van der Waals surface area contributed by atoms with Crippen LogP contribution in [0.1, 0.15) is 27.2 Å². The normalized spacial score (nSPS) is 21.1. The summed E-state index contributed by atoms with van der Waals surface area (Å²) in [6.45, 7) is 10.5. The van der Waals surface area contributed by atoms with E-state index in [9.17, 15) is 9.59 Å². The minimum absolute atomic E-state index is 0.00386. The van der Waals surface area contributed by atoms with Gasteiger partial charge in [-0.3, -0.25) is 4.79 Å². The summed E-state index contributed by atoms with van der Waals surface area (Å²) in [4.78, 5) is 26.8. The molecule has 0 amide bonds. The van der Waals surface area contributed by atoms with Gasteiger partial charge in [-0.25, -0.2) is 4.79 Å². The molecule has 22 heavy (non-hydrogen) atoms. The van der Waals surface area contributed by atoms with E-state index in [2.05, 4.69) is 22.5 Å². The van der Waals surface area contributed by atoms with Gasteiger partial charge in [0, 0.05) is 29.1 Å². The lowest BCUT2D eigenvalue weighted by Gasteiger charge is -2.29. The van der Waals surface area contributed by atoms with Gasteiger partial charge in [0.25, 0.3) is 0 Å². The summed E-state index contributed by atoms with van der Waals surface area (Å²) in [5, 5.41) is 0.648. The molecule has 1 atom stereocenters. The largest absolute Gasteiger partial charge is 0.462 e. The van der Waals surface area contributed by atoms with Gasteiger partial charge in [0.15, 0.2) is 5.78 Å². The standard InChI is InChI=1S/C16H22BrNO3S/c1-6-18-12(9-11(4)17)10(3)8-13(19)14(15(18)22-5)16(20)21-7-2/h9-10H,4,6-8H2,1-3,5H3. The van der Waals surface area contributed by atoms with Crippen LogP contribution in [0.25, 0.3) is 0 Å². The Bertz CT molecular complexity index is 540. The number of ether oxygens (including phenoxy) is 1. The Morgan fingerprint density at radius 2 is 2.18 bits per heavy atom. The number of Topliss-reactive ketones (excluding diaryl/α,β-unsaturated/α-hetero) is 1. The molecule has 0 N–H and O–H groups in total. The van der Waals surface area contributed by atoms with Gasteiger partial charge in [-0.2, -0.15) is 0 Å². The summed E-state index contributed by atoms with van der Waals surface area (Å²) in [6.07, 6.45) is 4.05. The summed E-state index contributed by atoms with van der Waals surface area (Å²) in [5.41, 5.74) is 1.13. The van der Waals surface area contributed by atoms with Gasteiger partial charge >= 0.3 is 5.97 Å². The van der Waals surface area contributed by atoms with Crippen molar-refractivity contribution in [2.75, 3.05) is 19.4 Å². The average Bonchev–Trinajstić information content (AvgIpc) is 2.53. The molecule has 0 bridgehead atoms. The second kappa shape index (κ2) is 8.58. The number of carbonyl (C=O) groups excluding carboxylic acids is 2. The fourth-order valence-electron chi connectivity index (χ4n) is 2.45.